The first kappa shape index (κ1) is 11.5. The topological polar surface area (TPSA) is 41.5 Å². The third kappa shape index (κ3) is 3.26. The van der Waals surface area contributed by atoms with Crippen LogP contribution in [0.4, 0.5) is 5.69 Å². The fraction of sp³-hybridized carbons (Fsp3) is 0.0769. The van der Waals surface area contributed by atoms with Crippen LogP contribution in [0.3, 0.4) is 0 Å². The molecule has 2 rings (SSSR count). The minimum absolute atomic E-state index is 0.0918. The maximum absolute atomic E-state index is 11.6. The van der Waals surface area contributed by atoms with Crippen molar-refractivity contribution >= 4 is 29.0 Å². The molecule has 0 unspecified atom stereocenters. The first-order valence-electron chi connectivity index (χ1n) is 5.18. The molecule has 1 aromatic carbocycles. The number of nitrogens with one attached hydrogen (secondary N) is 1. The van der Waals surface area contributed by atoms with Gasteiger partial charge in [0.15, 0.2) is 0 Å². The van der Waals surface area contributed by atoms with Crippen LogP contribution < -0.4 is 5.43 Å². The lowest BCUT2D eigenvalue weighted by molar-refractivity contribution is 0.107. The molecule has 2 aromatic rings. The van der Waals surface area contributed by atoms with Crippen molar-refractivity contribution in [3.8, 4) is 0 Å². The molecule has 0 aliphatic rings. The number of benzene rings is 1. The molecule has 0 atom stereocenters. The normalized spacial score (nSPS) is 10.6. The van der Waals surface area contributed by atoms with Crippen molar-refractivity contribution < 1.29 is 4.79 Å². The monoisotopic (exact) mass is 244 g/mol. The van der Waals surface area contributed by atoms with Crippen molar-refractivity contribution in [2.75, 3.05) is 5.43 Å². The SMILES string of the molecule is Cc1ccc(N/N=C/C(=O)c2ccsc2)cc1. The first-order chi connectivity index (χ1) is 8.25. The summed E-state index contributed by atoms with van der Waals surface area (Å²) in [5, 5.41) is 7.58. The average Bonchev–Trinajstić information content (AvgIpc) is 2.85. The van der Waals surface area contributed by atoms with Crippen LogP contribution >= 0.6 is 11.3 Å². The number of nitrogens with zero attached hydrogens (tertiary/aromatic N) is 1. The molecular formula is C13H12N2OS. The van der Waals surface area contributed by atoms with Gasteiger partial charge in [0, 0.05) is 10.9 Å². The highest BCUT2D eigenvalue weighted by atomic mass is 32.1. The number of ketones is 1. The number of hydrazone groups is 1. The Morgan fingerprint density at radius 3 is 2.71 bits per heavy atom. The predicted octanol–water partition coefficient (Wildman–Crippen LogP) is 3.34. The minimum atomic E-state index is -0.0918. The highest BCUT2D eigenvalue weighted by Gasteiger charge is 2.01. The van der Waals surface area contributed by atoms with Crippen molar-refractivity contribution in [1.29, 1.82) is 0 Å². The third-order valence-electron chi connectivity index (χ3n) is 2.23. The zero-order chi connectivity index (χ0) is 12.1. The molecule has 0 bridgehead atoms. The number of Topliss-reactive ketones (excluding diaryl/α,β-unsaturated/α-hetero) is 1. The molecule has 1 aromatic heterocycles. The third-order valence-corrected chi connectivity index (χ3v) is 2.92. The van der Waals surface area contributed by atoms with Gasteiger partial charge in [0.05, 0.1) is 11.9 Å². The minimum Gasteiger partial charge on any atom is -0.287 e. The van der Waals surface area contributed by atoms with E-state index in [9.17, 15) is 4.79 Å². The van der Waals surface area contributed by atoms with Crippen molar-refractivity contribution in [3.05, 3.63) is 52.2 Å². The lowest BCUT2D eigenvalue weighted by Gasteiger charge is -1.99. The van der Waals surface area contributed by atoms with E-state index < -0.39 is 0 Å². The van der Waals surface area contributed by atoms with E-state index in [2.05, 4.69) is 10.5 Å². The van der Waals surface area contributed by atoms with Gasteiger partial charge in [-0.05, 0) is 30.5 Å². The average molecular weight is 244 g/mol. The van der Waals surface area contributed by atoms with Crippen molar-refractivity contribution in [1.82, 2.24) is 0 Å². The van der Waals surface area contributed by atoms with Gasteiger partial charge in [-0.2, -0.15) is 16.4 Å². The Labute approximate surface area is 104 Å². The fourth-order valence-electron chi connectivity index (χ4n) is 1.27. The number of anilines is 1. The summed E-state index contributed by atoms with van der Waals surface area (Å²) in [6.45, 7) is 2.02. The van der Waals surface area contributed by atoms with Gasteiger partial charge in [-0.3, -0.25) is 10.2 Å². The summed E-state index contributed by atoms with van der Waals surface area (Å²) in [7, 11) is 0. The Morgan fingerprint density at radius 2 is 2.06 bits per heavy atom. The van der Waals surface area contributed by atoms with Gasteiger partial charge in [0.1, 0.15) is 0 Å². The number of hydrogen-bond donors (Lipinski definition) is 1. The standard InChI is InChI=1S/C13H12N2OS/c1-10-2-4-12(5-3-10)15-14-8-13(16)11-6-7-17-9-11/h2-9,15H,1H3/b14-8+. The number of carbonyl (C=O) groups is 1. The number of thiophene rings is 1. The van der Waals surface area contributed by atoms with Crippen LogP contribution in [-0.4, -0.2) is 12.0 Å². The quantitative estimate of drug-likeness (QED) is 0.509. The maximum atomic E-state index is 11.6. The molecule has 0 saturated carbocycles. The van der Waals surface area contributed by atoms with Crippen LogP contribution in [0.1, 0.15) is 15.9 Å². The van der Waals surface area contributed by atoms with Gasteiger partial charge in [0.2, 0.25) is 5.78 Å². The summed E-state index contributed by atoms with van der Waals surface area (Å²) >= 11 is 1.50. The lowest BCUT2D eigenvalue weighted by atomic mass is 10.2. The molecular weight excluding hydrogens is 232 g/mol. The molecule has 0 amide bonds. The molecule has 0 fully saturated rings. The summed E-state index contributed by atoms with van der Waals surface area (Å²) in [4.78, 5) is 11.6. The highest BCUT2D eigenvalue weighted by molar-refractivity contribution is 7.08. The summed E-state index contributed by atoms with van der Waals surface area (Å²) in [5.74, 6) is -0.0918. The van der Waals surface area contributed by atoms with Crippen molar-refractivity contribution in [3.63, 3.8) is 0 Å². The second-order valence-electron chi connectivity index (χ2n) is 3.61. The number of rotatable bonds is 4. The van der Waals surface area contributed by atoms with E-state index in [-0.39, 0.29) is 5.78 Å². The van der Waals surface area contributed by atoms with E-state index in [1.165, 1.54) is 23.1 Å². The van der Waals surface area contributed by atoms with Crippen molar-refractivity contribution in [2.45, 2.75) is 6.92 Å². The van der Waals surface area contributed by atoms with Crippen molar-refractivity contribution in [2.24, 2.45) is 5.10 Å². The van der Waals surface area contributed by atoms with Gasteiger partial charge >= 0.3 is 0 Å². The van der Waals surface area contributed by atoms with Crippen LogP contribution in [-0.2, 0) is 0 Å². The number of hydrogen-bond acceptors (Lipinski definition) is 4. The van der Waals surface area contributed by atoms with Crippen LogP contribution in [0.25, 0.3) is 0 Å². The van der Waals surface area contributed by atoms with E-state index in [0.717, 1.165) is 5.69 Å². The summed E-state index contributed by atoms with van der Waals surface area (Å²) in [6, 6.07) is 9.59. The number of carbonyl (C=O) groups excluding carboxylic acids is 1. The molecule has 0 saturated heterocycles. The largest absolute Gasteiger partial charge is 0.287 e. The van der Waals surface area contributed by atoms with E-state index in [1.54, 1.807) is 11.4 Å². The molecule has 1 N–H and O–H groups in total. The number of aryl methyl sites for hydroxylation is 1. The van der Waals surface area contributed by atoms with Gasteiger partial charge in [-0.15, -0.1) is 0 Å². The molecule has 0 aliphatic heterocycles. The Bertz CT molecular complexity index is 515. The smallest absolute Gasteiger partial charge is 0.206 e. The van der Waals surface area contributed by atoms with E-state index in [1.807, 2.05) is 36.6 Å². The van der Waals surface area contributed by atoms with Crippen LogP contribution in [0.2, 0.25) is 0 Å². The highest BCUT2D eigenvalue weighted by Crippen LogP contribution is 2.08. The van der Waals surface area contributed by atoms with Gasteiger partial charge in [0.25, 0.3) is 0 Å². The van der Waals surface area contributed by atoms with E-state index in [4.69, 9.17) is 0 Å². The van der Waals surface area contributed by atoms with E-state index in [0.29, 0.717) is 5.56 Å². The Morgan fingerprint density at radius 1 is 1.29 bits per heavy atom. The van der Waals surface area contributed by atoms with E-state index >= 15 is 0 Å². The molecule has 0 spiro atoms. The van der Waals surface area contributed by atoms with Crippen LogP contribution in [0, 0.1) is 6.92 Å². The summed E-state index contributed by atoms with van der Waals surface area (Å²) in [5.41, 5.74) is 5.54. The fourth-order valence-corrected chi connectivity index (χ4v) is 1.92. The Balaban J connectivity index is 1.94. The Hall–Kier alpha value is -1.94. The van der Waals surface area contributed by atoms with Crippen LogP contribution in [0.5, 0.6) is 0 Å². The molecule has 1 heterocycles. The van der Waals surface area contributed by atoms with Gasteiger partial charge < -0.3 is 0 Å². The van der Waals surface area contributed by atoms with Gasteiger partial charge in [-0.1, -0.05) is 17.7 Å². The summed E-state index contributed by atoms with van der Waals surface area (Å²) < 4.78 is 0. The zero-order valence-electron chi connectivity index (χ0n) is 9.38. The maximum Gasteiger partial charge on any atom is 0.206 e. The zero-order valence-corrected chi connectivity index (χ0v) is 10.2. The molecule has 86 valence electrons. The van der Waals surface area contributed by atoms with Gasteiger partial charge in [-0.25, -0.2) is 0 Å². The predicted molar refractivity (Wildman–Crippen MR) is 71.9 cm³/mol. The molecule has 17 heavy (non-hydrogen) atoms. The summed E-state index contributed by atoms with van der Waals surface area (Å²) in [6.07, 6.45) is 1.29. The lowest BCUT2D eigenvalue weighted by Crippen LogP contribution is -2.00. The molecule has 3 nitrogen and oxygen atoms in total. The second-order valence-corrected chi connectivity index (χ2v) is 4.39. The van der Waals surface area contributed by atoms with Crippen LogP contribution in [0.15, 0.2) is 46.2 Å². The second kappa shape index (κ2) is 5.41. The first-order valence-corrected chi connectivity index (χ1v) is 6.12. The molecule has 0 radical (unpaired) electrons. The molecule has 0 aliphatic carbocycles. The Kier molecular flexibility index (Phi) is 3.67. The molecule has 4 heteroatoms.